The molecule has 0 spiro atoms. The molecule has 2 rings (SSSR count). The van der Waals surface area contributed by atoms with Gasteiger partial charge in [-0.2, -0.15) is 5.10 Å². The Kier molecular flexibility index (Phi) is 3.02. The van der Waals surface area contributed by atoms with Gasteiger partial charge in [0.05, 0.1) is 6.54 Å². The molecule has 1 aliphatic heterocycles. The Labute approximate surface area is 90.3 Å². The lowest BCUT2D eigenvalue weighted by molar-refractivity contribution is 0.135. The predicted octanol–water partition coefficient (Wildman–Crippen LogP) is 0.127. The van der Waals surface area contributed by atoms with Gasteiger partial charge in [0.15, 0.2) is 0 Å². The van der Waals surface area contributed by atoms with Crippen LogP contribution in [0.2, 0.25) is 0 Å². The molecule has 2 unspecified atom stereocenters. The SMILES string of the molecule is CC1CC(N)CCN1Cc1ncnn1C. The van der Waals surface area contributed by atoms with Crippen LogP contribution in [-0.2, 0) is 13.6 Å². The van der Waals surface area contributed by atoms with Crippen LogP contribution >= 0.6 is 0 Å². The zero-order chi connectivity index (χ0) is 10.8. The Balaban J connectivity index is 1.98. The highest BCUT2D eigenvalue weighted by Gasteiger charge is 2.23. The number of aromatic nitrogens is 3. The molecule has 1 saturated heterocycles. The minimum Gasteiger partial charge on any atom is -0.328 e. The molecule has 84 valence electrons. The first-order chi connectivity index (χ1) is 7.16. The summed E-state index contributed by atoms with van der Waals surface area (Å²) < 4.78 is 1.83. The zero-order valence-electron chi connectivity index (χ0n) is 9.43. The summed E-state index contributed by atoms with van der Waals surface area (Å²) in [5.74, 6) is 1.03. The molecular formula is C10H19N5. The van der Waals surface area contributed by atoms with Crippen LogP contribution in [0.3, 0.4) is 0 Å². The lowest BCUT2D eigenvalue weighted by Crippen LogP contribution is -2.45. The van der Waals surface area contributed by atoms with Crippen LogP contribution in [0.4, 0.5) is 0 Å². The van der Waals surface area contributed by atoms with Crippen molar-refractivity contribution in [2.45, 2.75) is 38.4 Å². The van der Waals surface area contributed by atoms with Crippen molar-refractivity contribution >= 4 is 0 Å². The number of nitrogens with zero attached hydrogens (tertiary/aromatic N) is 4. The molecule has 5 nitrogen and oxygen atoms in total. The van der Waals surface area contributed by atoms with Crippen molar-refractivity contribution < 1.29 is 0 Å². The van der Waals surface area contributed by atoms with E-state index in [9.17, 15) is 0 Å². The highest BCUT2D eigenvalue weighted by Crippen LogP contribution is 2.17. The van der Waals surface area contributed by atoms with E-state index in [-0.39, 0.29) is 0 Å². The first-order valence-corrected chi connectivity index (χ1v) is 5.49. The molecule has 0 bridgehead atoms. The van der Waals surface area contributed by atoms with Crippen molar-refractivity contribution in [3.05, 3.63) is 12.2 Å². The lowest BCUT2D eigenvalue weighted by atomic mass is 9.99. The predicted molar refractivity (Wildman–Crippen MR) is 58.1 cm³/mol. The molecule has 2 atom stereocenters. The third-order valence-corrected chi connectivity index (χ3v) is 3.20. The van der Waals surface area contributed by atoms with Gasteiger partial charge in [-0.25, -0.2) is 4.98 Å². The van der Waals surface area contributed by atoms with Crippen LogP contribution in [0, 0.1) is 0 Å². The molecule has 0 aliphatic carbocycles. The lowest BCUT2D eigenvalue weighted by Gasteiger charge is -2.35. The number of hydrogen-bond acceptors (Lipinski definition) is 4. The molecule has 1 aromatic rings. The molecule has 0 saturated carbocycles. The van der Waals surface area contributed by atoms with Gasteiger partial charge in [0.25, 0.3) is 0 Å². The van der Waals surface area contributed by atoms with Gasteiger partial charge in [-0.1, -0.05) is 0 Å². The molecule has 0 radical (unpaired) electrons. The Bertz CT molecular complexity index is 321. The van der Waals surface area contributed by atoms with Crippen LogP contribution < -0.4 is 5.73 Å². The van der Waals surface area contributed by atoms with Crippen LogP contribution in [0.25, 0.3) is 0 Å². The van der Waals surface area contributed by atoms with E-state index in [2.05, 4.69) is 21.9 Å². The Morgan fingerprint density at radius 2 is 2.40 bits per heavy atom. The number of rotatable bonds is 2. The summed E-state index contributed by atoms with van der Waals surface area (Å²) >= 11 is 0. The van der Waals surface area contributed by atoms with Gasteiger partial charge < -0.3 is 5.73 Å². The minimum atomic E-state index is 0.371. The number of nitrogens with two attached hydrogens (primary N) is 1. The highest BCUT2D eigenvalue weighted by molar-refractivity contribution is 4.88. The van der Waals surface area contributed by atoms with Gasteiger partial charge in [0.1, 0.15) is 12.2 Å². The summed E-state index contributed by atoms with van der Waals surface area (Å²) in [6.45, 7) is 4.18. The average molecular weight is 209 g/mol. The summed E-state index contributed by atoms with van der Waals surface area (Å²) in [6.07, 6.45) is 3.77. The second kappa shape index (κ2) is 4.28. The third-order valence-electron chi connectivity index (χ3n) is 3.20. The largest absolute Gasteiger partial charge is 0.328 e. The molecule has 15 heavy (non-hydrogen) atoms. The Hall–Kier alpha value is -0.940. The summed E-state index contributed by atoms with van der Waals surface area (Å²) in [5.41, 5.74) is 5.93. The average Bonchev–Trinajstić information content (AvgIpc) is 2.57. The van der Waals surface area contributed by atoms with Crippen molar-refractivity contribution in [3.63, 3.8) is 0 Å². The van der Waals surface area contributed by atoms with E-state index in [0.29, 0.717) is 12.1 Å². The minimum absolute atomic E-state index is 0.371. The fourth-order valence-electron chi connectivity index (χ4n) is 2.14. The van der Waals surface area contributed by atoms with E-state index in [1.165, 1.54) is 0 Å². The van der Waals surface area contributed by atoms with Crippen molar-refractivity contribution in [1.29, 1.82) is 0 Å². The van der Waals surface area contributed by atoms with Crippen LogP contribution in [0.1, 0.15) is 25.6 Å². The molecule has 1 fully saturated rings. The number of aryl methyl sites for hydroxylation is 1. The summed E-state index contributed by atoms with van der Waals surface area (Å²) in [6, 6.07) is 0.918. The van der Waals surface area contributed by atoms with Crippen LogP contribution in [0.5, 0.6) is 0 Å². The Morgan fingerprint density at radius 3 is 3.00 bits per heavy atom. The van der Waals surface area contributed by atoms with Crippen molar-refractivity contribution in [2.75, 3.05) is 6.54 Å². The van der Waals surface area contributed by atoms with E-state index < -0.39 is 0 Å². The van der Waals surface area contributed by atoms with Crippen LogP contribution in [0.15, 0.2) is 6.33 Å². The standard InChI is InChI=1S/C10H19N5/c1-8-5-9(11)3-4-15(8)6-10-12-7-13-14(10)2/h7-9H,3-6,11H2,1-2H3. The summed E-state index contributed by atoms with van der Waals surface area (Å²) in [5, 5.41) is 4.08. The fraction of sp³-hybridized carbons (Fsp3) is 0.800. The maximum Gasteiger partial charge on any atom is 0.140 e. The van der Waals surface area contributed by atoms with E-state index in [0.717, 1.165) is 31.8 Å². The summed E-state index contributed by atoms with van der Waals surface area (Å²) in [4.78, 5) is 6.67. The van der Waals surface area contributed by atoms with Gasteiger partial charge in [-0.3, -0.25) is 9.58 Å². The van der Waals surface area contributed by atoms with Gasteiger partial charge in [0, 0.05) is 25.7 Å². The van der Waals surface area contributed by atoms with Gasteiger partial charge in [0.2, 0.25) is 0 Å². The van der Waals surface area contributed by atoms with Gasteiger partial charge >= 0.3 is 0 Å². The number of likely N-dealkylation sites (tertiary alicyclic amines) is 1. The van der Waals surface area contributed by atoms with Gasteiger partial charge in [-0.05, 0) is 19.8 Å². The van der Waals surface area contributed by atoms with Crippen LogP contribution in [-0.4, -0.2) is 38.3 Å². The molecule has 2 N–H and O–H groups in total. The van der Waals surface area contributed by atoms with Crippen molar-refractivity contribution in [2.24, 2.45) is 12.8 Å². The first-order valence-electron chi connectivity index (χ1n) is 5.49. The quantitative estimate of drug-likeness (QED) is 0.752. The molecule has 0 amide bonds. The Morgan fingerprint density at radius 1 is 1.60 bits per heavy atom. The fourth-order valence-corrected chi connectivity index (χ4v) is 2.14. The van der Waals surface area contributed by atoms with Crippen molar-refractivity contribution in [1.82, 2.24) is 19.7 Å². The normalized spacial score (nSPS) is 28.2. The maximum atomic E-state index is 5.93. The van der Waals surface area contributed by atoms with E-state index in [1.807, 2.05) is 11.7 Å². The second-order valence-corrected chi connectivity index (χ2v) is 4.40. The number of hydrogen-bond donors (Lipinski definition) is 1. The number of piperidine rings is 1. The van der Waals surface area contributed by atoms with Gasteiger partial charge in [-0.15, -0.1) is 0 Å². The first kappa shape index (κ1) is 10.6. The maximum absolute atomic E-state index is 5.93. The molecule has 5 heteroatoms. The highest BCUT2D eigenvalue weighted by atomic mass is 15.3. The van der Waals surface area contributed by atoms with E-state index >= 15 is 0 Å². The molecule has 2 heterocycles. The smallest absolute Gasteiger partial charge is 0.140 e. The molecule has 1 aromatic heterocycles. The monoisotopic (exact) mass is 209 g/mol. The van der Waals surface area contributed by atoms with E-state index in [4.69, 9.17) is 5.73 Å². The molecule has 1 aliphatic rings. The second-order valence-electron chi connectivity index (χ2n) is 4.40. The topological polar surface area (TPSA) is 60.0 Å². The zero-order valence-corrected chi connectivity index (χ0v) is 9.43. The van der Waals surface area contributed by atoms with E-state index in [1.54, 1.807) is 6.33 Å². The third kappa shape index (κ3) is 2.35. The van der Waals surface area contributed by atoms with Crippen molar-refractivity contribution in [3.8, 4) is 0 Å². The molecule has 0 aromatic carbocycles. The molecular weight excluding hydrogens is 190 g/mol. The summed E-state index contributed by atoms with van der Waals surface area (Å²) in [7, 11) is 1.93.